The van der Waals surface area contributed by atoms with Crippen LogP contribution >= 0.6 is 0 Å². The van der Waals surface area contributed by atoms with Crippen molar-refractivity contribution in [3.63, 3.8) is 0 Å². The second-order valence-electron chi connectivity index (χ2n) is 4.11. The second kappa shape index (κ2) is 3.77. The molecule has 0 unspecified atom stereocenters. The topological polar surface area (TPSA) is 44.1 Å². The number of imidazole rings is 1. The van der Waals surface area contributed by atoms with E-state index in [0.717, 1.165) is 25.1 Å². The summed E-state index contributed by atoms with van der Waals surface area (Å²) < 4.78 is 7.21. The summed E-state index contributed by atoms with van der Waals surface area (Å²) in [5.41, 5.74) is -0.508. The van der Waals surface area contributed by atoms with Gasteiger partial charge < -0.3 is 9.30 Å². The van der Waals surface area contributed by atoms with Crippen molar-refractivity contribution < 1.29 is 9.53 Å². The molecule has 0 saturated heterocycles. The summed E-state index contributed by atoms with van der Waals surface area (Å²) >= 11 is 0. The number of hydrogen-bond donors (Lipinski definition) is 0. The molecular weight excluding hydrogens is 192 g/mol. The lowest BCUT2D eigenvalue weighted by molar-refractivity contribution is -0.151. The third-order valence-electron chi connectivity index (χ3n) is 3.30. The van der Waals surface area contributed by atoms with Crippen LogP contribution in [-0.4, -0.2) is 28.0 Å². The smallest absolute Gasteiger partial charge is 0.172 e. The fourth-order valence-electron chi connectivity index (χ4n) is 1.97. The molecule has 1 aromatic rings. The highest BCUT2D eigenvalue weighted by Crippen LogP contribution is 2.36. The summed E-state index contributed by atoms with van der Waals surface area (Å²) in [6.07, 6.45) is 6.72. The molecule has 4 heteroatoms. The Morgan fingerprint density at radius 1 is 1.67 bits per heavy atom. The summed E-state index contributed by atoms with van der Waals surface area (Å²) in [7, 11) is 3.52. The first kappa shape index (κ1) is 10.4. The largest absolute Gasteiger partial charge is 0.370 e. The molecule has 0 atom stereocenters. The molecule has 0 aromatic carbocycles. The van der Waals surface area contributed by atoms with Crippen molar-refractivity contribution >= 4 is 5.78 Å². The van der Waals surface area contributed by atoms with Gasteiger partial charge in [0.05, 0.1) is 6.42 Å². The standard InChI is InChI=1S/C11H16N2O2/c1-13-7-6-12-10(13)8-9(14)11(15-2)4-3-5-11/h6-7H,3-5,8H2,1-2H3. The van der Waals surface area contributed by atoms with E-state index in [9.17, 15) is 4.79 Å². The summed E-state index contributed by atoms with van der Waals surface area (Å²) in [5, 5.41) is 0. The van der Waals surface area contributed by atoms with E-state index in [1.807, 2.05) is 17.8 Å². The first-order valence-electron chi connectivity index (χ1n) is 5.22. The van der Waals surface area contributed by atoms with Gasteiger partial charge in [-0.15, -0.1) is 0 Å². The molecule has 1 fully saturated rings. The van der Waals surface area contributed by atoms with E-state index in [1.165, 1.54) is 0 Å². The summed E-state index contributed by atoms with van der Waals surface area (Å²) in [6, 6.07) is 0. The molecule has 0 bridgehead atoms. The number of carbonyl (C=O) groups excluding carboxylic acids is 1. The zero-order chi connectivity index (χ0) is 10.9. The Hall–Kier alpha value is -1.16. The van der Waals surface area contributed by atoms with E-state index < -0.39 is 5.60 Å². The normalized spacial score (nSPS) is 18.5. The molecule has 1 aliphatic rings. The maximum atomic E-state index is 12.0. The van der Waals surface area contributed by atoms with Gasteiger partial charge in [0.25, 0.3) is 0 Å². The van der Waals surface area contributed by atoms with E-state index in [2.05, 4.69) is 4.98 Å². The van der Waals surface area contributed by atoms with Crippen molar-refractivity contribution in [3.8, 4) is 0 Å². The molecule has 0 aliphatic heterocycles. The summed E-state index contributed by atoms with van der Waals surface area (Å²) in [4.78, 5) is 16.2. The molecule has 2 rings (SSSR count). The molecule has 15 heavy (non-hydrogen) atoms. The lowest BCUT2D eigenvalue weighted by atomic mass is 9.76. The van der Waals surface area contributed by atoms with Crippen LogP contribution in [0.4, 0.5) is 0 Å². The van der Waals surface area contributed by atoms with Crippen LogP contribution in [0.5, 0.6) is 0 Å². The van der Waals surface area contributed by atoms with Crippen molar-refractivity contribution in [2.24, 2.45) is 7.05 Å². The SMILES string of the molecule is COC1(C(=O)Cc2nccn2C)CCC1. The van der Waals surface area contributed by atoms with E-state index in [0.29, 0.717) is 6.42 Å². The number of rotatable bonds is 4. The number of hydrogen-bond acceptors (Lipinski definition) is 3. The number of ketones is 1. The van der Waals surface area contributed by atoms with Gasteiger partial charge in [-0.1, -0.05) is 0 Å². The Morgan fingerprint density at radius 3 is 2.80 bits per heavy atom. The maximum absolute atomic E-state index is 12.0. The third kappa shape index (κ3) is 1.69. The van der Waals surface area contributed by atoms with Gasteiger partial charge in [0.2, 0.25) is 0 Å². The first-order chi connectivity index (χ1) is 7.18. The minimum atomic E-state index is -0.508. The first-order valence-corrected chi connectivity index (χ1v) is 5.22. The number of methoxy groups -OCH3 is 1. The highest BCUT2D eigenvalue weighted by molar-refractivity contribution is 5.89. The van der Waals surface area contributed by atoms with Gasteiger partial charge in [-0.3, -0.25) is 4.79 Å². The lowest BCUT2D eigenvalue weighted by Gasteiger charge is -2.38. The van der Waals surface area contributed by atoms with Crippen LogP contribution in [0.3, 0.4) is 0 Å². The Morgan fingerprint density at radius 2 is 2.40 bits per heavy atom. The van der Waals surface area contributed by atoms with Crippen LogP contribution in [0.25, 0.3) is 0 Å². The highest BCUT2D eigenvalue weighted by atomic mass is 16.5. The predicted octanol–water partition coefficient (Wildman–Crippen LogP) is 1.10. The molecule has 1 heterocycles. The molecule has 1 aromatic heterocycles. The summed E-state index contributed by atoms with van der Waals surface area (Å²) in [6.45, 7) is 0. The van der Waals surface area contributed by atoms with Gasteiger partial charge in [-0.05, 0) is 19.3 Å². The molecule has 1 aliphatic carbocycles. The molecule has 0 radical (unpaired) electrons. The quantitative estimate of drug-likeness (QED) is 0.744. The number of Topliss-reactive ketones (excluding diaryl/α,β-unsaturated/α-hetero) is 1. The van der Waals surface area contributed by atoms with Gasteiger partial charge in [-0.2, -0.15) is 0 Å². The molecule has 0 N–H and O–H groups in total. The number of nitrogens with zero attached hydrogens (tertiary/aromatic N) is 2. The highest BCUT2D eigenvalue weighted by Gasteiger charge is 2.44. The lowest BCUT2D eigenvalue weighted by Crippen LogP contribution is -2.48. The predicted molar refractivity (Wildman–Crippen MR) is 55.5 cm³/mol. The number of aromatic nitrogens is 2. The van der Waals surface area contributed by atoms with E-state index in [4.69, 9.17) is 4.74 Å². The average Bonchev–Trinajstić information content (AvgIpc) is 2.51. The minimum absolute atomic E-state index is 0.158. The molecule has 82 valence electrons. The molecular formula is C11H16N2O2. The van der Waals surface area contributed by atoms with Crippen molar-refractivity contribution in [3.05, 3.63) is 18.2 Å². The number of aryl methyl sites for hydroxylation is 1. The Kier molecular flexibility index (Phi) is 2.61. The Bertz CT molecular complexity index is 361. The number of carbonyl (C=O) groups is 1. The van der Waals surface area contributed by atoms with Crippen molar-refractivity contribution in [2.45, 2.75) is 31.3 Å². The average molecular weight is 208 g/mol. The zero-order valence-corrected chi connectivity index (χ0v) is 9.19. The molecule has 4 nitrogen and oxygen atoms in total. The van der Waals surface area contributed by atoms with Gasteiger partial charge >= 0.3 is 0 Å². The number of ether oxygens (including phenoxy) is 1. The van der Waals surface area contributed by atoms with E-state index >= 15 is 0 Å². The second-order valence-corrected chi connectivity index (χ2v) is 4.11. The van der Waals surface area contributed by atoms with Crippen molar-refractivity contribution in [1.82, 2.24) is 9.55 Å². The Balaban J connectivity index is 2.07. The molecule has 1 saturated carbocycles. The van der Waals surface area contributed by atoms with Crippen LogP contribution in [0.2, 0.25) is 0 Å². The van der Waals surface area contributed by atoms with Crippen LogP contribution in [0.1, 0.15) is 25.1 Å². The van der Waals surface area contributed by atoms with Gasteiger partial charge in [-0.25, -0.2) is 4.98 Å². The van der Waals surface area contributed by atoms with Crippen molar-refractivity contribution in [2.75, 3.05) is 7.11 Å². The van der Waals surface area contributed by atoms with Crippen LogP contribution in [0.15, 0.2) is 12.4 Å². The van der Waals surface area contributed by atoms with E-state index in [-0.39, 0.29) is 5.78 Å². The third-order valence-corrected chi connectivity index (χ3v) is 3.30. The van der Waals surface area contributed by atoms with Crippen LogP contribution in [-0.2, 0) is 23.0 Å². The van der Waals surface area contributed by atoms with Gasteiger partial charge in [0.15, 0.2) is 5.78 Å². The van der Waals surface area contributed by atoms with Gasteiger partial charge in [0, 0.05) is 26.6 Å². The fourth-order valence-corrected chi connectivity index (χ4v) is 1.97. The zero-order valence-electron chi connectivity index (χ0n) is 9.19. The summed E-state index contributed by atoms with van der Waals surface area (Å²) in [5.74, 6) is 0.967. The van der Waals surface area contributed by atoms with Gasteiger partial charge in [0.1, 0.15) is 11.4 Å². The monoisotopic (exact) mass is 208 g/mol. The van der Waals surface area contributed by atoms with Crippen LogP contribution < -0.4 is 0 Å². The van der Waals surface area contributed by atoms with Crippen LogP contribution in [0, 0.1) is 0 Å². The van der Waals surface area contributed by atoms with E-state index in [1.54, 1.807) is 13.3 Å². The molecule has 0 amide bonds. The Labute approximate surface area is 89.3 Å². The van der Waals surface area contributed by atoms with Crippen molar-refractivity contribution in [1.29, 1.82) is 0 Å². The minimum Gasteiger partial charge on any atom is -0.370 e. The molecule has 0 spiro atoms. The maximum Gasteiger partial charge on any atom is 0.172 e. The fraction of sp³-hybridized carbons (Fsp3) is 0.636.